The molecule has 0 spiro atoms. The van der Waals surface area contributed by atoms with Gasteiger partial charge >= 0.3 is 0 Å². The number of nitrogens with zero attached hydrogens (tertiary/aromatic N) is 2. The van der Waals surface area contributed by atoms with Crippen LogP contribution in [0.25, 0.3) is 11.0 Å². The minimum Gasteiger partial charge on any atom is -0.322 e. The maximum absolute atomic E-state index is 12.2. The standard InChI is InChI=1S/C16H13N3O/c1-11-2-5-13(6-3-11)19-16(20)12-4-7-14-15(10-12)18-9-8-17-14/h2-10H,1H3,(H,19,20). The Kier molecular flexibility index (Phi) is 3.13. The Hall–Kier alpha value is -2.75. The summed E-state index contributed by atoms with van der Waals surface area (Å²) in [5, 5.41) is 2.86. The van der Waals surface area contributed by atoms with Crippen molar-refractivity contribution in [2.24, 2.45) is 0 Å². The van der Waals surface area contributed by atoms with Gasteiger partial charge < -0.3 is 5.32 Å². The molecule has 0 fully saturated rings. The molecule has 0 saturated carbocycles. The van der Waals surface area contributed by atoms with Crippen molar-refractivity contribution in [1.82, 2.24) is 9.97 Å². The van der Waals surface area contributed by atoms with Crippen molar-refractivity contribution >= 4 is 22.6 Å². The number of aryl methyl sites for hydroxylation is 1. The van der Waals surface area contributed by atoms with Gasteiger partial charge in [-0.05, 0) is 37.3 Å². The lowest BCUT2D eigenvalue weighted by atomic mass is 10.1. The number of carbonyl (C=O) groups is 1. The normalized spacial score (nSPS) is 10.4. The highest BCUT2D eigenvalue weighted by molar-refractivity contribution is 6.05. The van der Waals surface area contributed by atoms with Gasteiger partial charge in [-0.3, -0.25) is 14.8 Å². The summed E-state index contributed by atoms with van der Waals surface area (Å²) in [5.41, 5.74) is 3.99. The van der Waals surface area contributed by atoms with Crippen molar-refractivity contribution in [3.63, 3.8) is 0 Å². The van der Waals surface area contributed by atoms with Crippen molar-refractivity contribution in [2.45, 2.75) is 6.92 Å². The smallest absolute Gasteiger partial charge is 0.255 e. The third-order valence-corrected chi connectivity index (χ3v) is 3.04. The van der Waals surface area contributed by atoms with E-state index in [0.717, 1.165) is 16.8 Å². The summed E-state index contributed by atoms with van der Waals surface area (Å²) in [6, 6.07) is 13.0. The van der Waals surface area contributed by atoms with Crippen LogP contribution < -0.4 is 5.32 Å². The summed E-state index contributed by atoms with van der Waals surface area (Å²) in [6.07, 6.45) is 3.25. The first-order chi connectivity index (χ1) is 9.72. The molecule has 3 aromatic rings. The van der Waals surface area contributed by atoms with E-state index < -0.39 is 0 Å². The molecule has 1 heterocycles. The molecule has 98 valence electrons. The molecule has 0 unspecified atom stereocenters. The lowest BCUT2D eigenvalue weighted by Crippen LogP contribution is -2.11. The van der Waals surface area contributed by atoms with Crippen LogP contribution in [0.3, 0.4) is 0 Å². The molecule has 0 saturated heterocycles. The van der Waals surface area contributed by atoms with Crippen molar-refractivity contribution < 1.29 is 4.79 Å². The van der Waals surface area contributed by atoms with E-state index >= 15 is 0 Å². The van der Waals surface area contributed by atoms with Gasteiger partial charge in [0.05, 0.1) is 11.0 Å². The minimum atomic E-state index is -0.151. The second-order valence-electron chi connectivity index (χ2n) is 4.58. The highest BCUT2D eigenvalue weighted by Crippen LogP contribution is 2.14. The number of fused-ring (bicyclic) bond motifs is 1. The van der Waals surface area contributed by atoms with Crippen molar-refractivity contribution in [3.05, 3.63) is 66.0 Å². The van der Waals surface area contributed by atoms with Crippen LogP contribution in [0.5, 0.6) is 0 Å². The lowest BCUT2D eigenvalue weighted by Gasteiger charge is -2.06. The SMILES string of the molecule is Cc1ccc(NC(=O)c2ccc3nccnc3c2)cc1. The van der Waals surface area contributed by atoms with Crippen molar-refractivity contribution in [2.75, 3.05) is 5.32 Å². The zero-order chi connectivity index (χ0) is 13.9. The molecule has 4 nitrogen and oxygen atoms in total. The average Bonchev–Trinajstić information content (AvgIpc) is 2.49. The molecule has 0 bridgehead atoms. The predicted molar refractivity (Wildman–Crippen MR) is 78.7 cm³/mol. The monoisotopic (exact) mass is 263 g/mol. The van der Waals surface area contributed by atoms with E-state index in [2.05, 4.69) is 15.3 Å². The topological polar surface area (TPSA) is 54.9 Å². The first kappa shape index (κ1) is 12.3. The maximum Gasteiger partial charge on any atom is 0.255 e. The van der Waals surface area contributed by atoms with Crippen LogP contribution in [0, 0.1) is 6.92 Å². The number of amides is 1. The number of hydrogen-bond donors (Lipinski definition) is 1. The molecule has 0 radical (unpaired) electrons. The Bertz CT molecular complexity index is 766. The fraction of sp³-hybridized carbons (Fsp3) is 0.0625. The molecular formula is C16H13N3O. The van der Waals surface area contributed by atoms with Gasteiger partial charge in [-0.1, -0.05) is 17.7 Å². The molecule has 0 aliphatic carbocycles. The summed E-state index contributed by atoms with van der Waals surface area (Å²) < 4.78 is 0. The van der Waals surface area contributed by atoms with Gasteiger partial charge in [-0.15, -0.1) is 0 Å². The number of aromatic nitrogens is 2. The fourth-order valence-corrected chi connectivity index (χ4v) is 1.94. The lowest BCUT2D eigenvalue weighted by molar-refractivity contribution is 0.102. The molecule has 2 aromatic carbocycles. The van der Waals surface area contributed by atoms with E-state index in [1.165, 1.54) is 0 Å². The largest absolute Gasteiger partial charge is 0.322 e. The van der Waals surface area contributed by atoms with Crippen molar-refractivity contribution in [1.29, 1.82) is 0 Å². The maximum atomic E-state index is 12.2. The minimum absolute atomic E-state index is 0.151. The molecule has 1 amide bonds. The van der Waals surface area contributed by atoms with Gasteiger partial charge in [-0.25, -0.2) is 0 Å². The zero-order valence-electron chi connectivity index (χ0n) is 11.0. The molecule has 0 atom stereocenters. The van der Waals surface area contributed by atoms with Crippen LogP contribution in [-0.2, 0) is 0 Å². The second-order valence-corrected chi connectivity index (χ2v) is 4.58. The molecular weight excluding hydrogens is 250 g/mol. The third kappa shape index (κ3) is 2.49. The van der Waals surface area contributed by atoms with Gasteiger partial charge in [0.2, 0.25) is 0 Å². The number of hydrogen-bond acceptors (Lipinski definition) is 3. The third-order valence-electron chi connectivity index (χ3n) is 3.04. The number of carbonyl (C=O) groups excluding carboxylic acids is 1. The van der Waals surface area contributed by atoms with Gasteiger partial charge in [0.1, 0.15) is 0 Å². The van der Waals surface area contributed by atoms with E-state index in [4.69, 9.17) is 0 Å². The summed E-state index contributed by atoms with van der Waals surface area (Å²) >= 11 is 0. The van der Waals surface area contributed by atoms with Gasteiger partial charge in [0, 0.05) is 23.6 Å². The summed E-state index contributed by atoms with van der Waals surface area (Å²) in [5.74, 6) is -0.151. The molecule has 1 aromatic heterocycles. The molecule has 20 heavy (non-hydrogen) atoms. The van der Waals surface area contributed by atoms with E-state index in [0.29, 0.717) is 11.1 Å². The van der Waals surface area contributed by atoms with Crippen molar-refractivity contribution in [3.8, 4) is 0 Å². The van der Waals surface area contributed by atoms with Crippen LogP contribution in [0.15, 0.2) is 54.9 Å². The van der Waals surface area contributed by atoms with E-state index in [-0.39, 0.29) is 5.91 Å². The first-order valence-electron chi connectivity index (χ1n) is 6.31. The van der Waals surface area contributed by atoms with Crippen LogP contribution in [0.2, 0.25) is 0 Å². The van der Waals surface area contributed by atoms with Gasteiger partial charge in [0.15, 0.2) is 0 Å². The average molecular weight is 263 g/mol. The van der Waals surface area contributed by atoms with E-state index in [1.54, 1.807) is 30.6 Å². The number of nitrogens with one attached hydrogen (secondary N) is 1. The molecule has 0 aliphatic rings. The molecule has 3 rings (SSSR count). The Morgan fingerprint density at radius 1 is 0.950 bits per heavy atom. The quantitative estimate of drug-likeness (QED) is 0.772. The molecule has 4 heteroatoms. The number of benzene rings is 2. The van der Waals surface area contributed by atoms with Gasteiger partial charge in [-0.2, -0.15) is 0 Å². The number of rotatable bonds is 2. The zero-order valence-corrected chi connectivity index (χ0v) is 11.0. The van der Waals surface area contributed by atoms with E-state index in [1.807, 2.05) is 31.2 Å². The number of anilines is 1. The van der Waals surface area contributed by atoms with Crippen LogP contribution in [-0.4, -0.2) is 15.9 Å². The van der Waals surface area contributed by atoms with Crippen LogP contribution in [0.4, 0.5) is 5.69 Å². The predicted octanol–water partition coefficient (Wildman–Crippen LogP) is 3.19. The first-order valence-corrected chi connectivity index (χ1v) is 6.31. The Morgan fingerprint density at radius 2 is 1.65 bits per heavy atom. The van der Waals surface area contributed by atoms with Gasteiger partial charge in [0.25, 0.3) is 5.91 Å². The Balaban J connectivity index is 1.86. The summed E-state index contributed by atoms with van der Waals surface area (Å²) in [4.78, 5) is 20.6. The highest BCUT2D eigenvalue weighted by Gasteiger charge is 2.07. The molecule has 1 N–H and O–H groups in total. The second kappa shape index (κ2) is 5.09. The molecule has 0 aliphatic heterocycles. The Labute approximate surface area is 116 Å². The van der Waals surface area contributed by atoms with Crippen LogP contribution >= 0.6 is 0 Å². The van der Waals surface area contributed by atoms with E-state index in [9.17, 15) is 4.79 Å². The van der Waals surface area contributed by atoms with Crippen LogP contribution in [0.1, 0.15) is 15.9 Å². The fourth-order valence-electron chi connectivity index (χ4n) is 1.94. The highest BCUT2D eigenvalue weighted by atomic mass is 16.1. The summed E-state index contributed by atoms with van der Waals surface area (Å²) in [7, 11) is 0. The Morgan fingerprint density at radius 3 is 2.40 bits per heavy atom. The summed E-state index contributed by atoms with van der Waals surface area (Å²) in [6.45, 7) is 2.01.